The monoisotopic (exact) mass is 498 g/mol. The zero-order valence-corrected chi connectivity index (χ0v) is 23.9. The number of aliphatic carboxylic acids is 1. The molecule has 0 heterocycles. The molecular weight excluding hydrogens is 448 g/mol. The minimum atomic E-state index is -1.03. The summed E-state index contributed by atoms with van der Waals surface area (Å²) < 4.78 is 5.69. The van der Waals surface area contributed by atoms with Gasteiger partial charge in [-0.05, 0) is 129 Å². The number of carbonyl (C=O) groups excluding carboxylic acids is 1. The number of carboxylic acids is 1. The summed E-state index contributed by atoms with van der Waals surface area (Å²) in [6.45, 7) is 20.2. The third-order valence-corrected chi connectivity index (χ3v) is 13.9. The number of carbonyl (C=O) groups is 2. The van der Waals surface area contributed by atoms with Crippen LogP contribution in [0.2, 0.25) is 0 Å². The molecule has 5 saturated carbocycles. The van der Waals surface area contributed by atoms with Gasteiger partial charge >= 0.3 is 11.9 Å². The van der Waals surface area contributed by atoms with E-state index in [9.17, 15) is 14.7 Å². The van der Waals surface area contributed by atoms with Crippen molar-refractivity contribution < 1.29 is 19.4 Å². The van der Waals surface area contributed by atoms with Crippen LogP contribution in [0.4, 0.5) is 0 Å². The van der Waals surface area contributed by atoms with E-state index in [1.54, 1.807) is 0 Å². The minimum Gasteiger partial charge on any atom is -0.481 e. The lowest BCUT2D eigenvalue weighted by Crippen LogP contribution is -2.68. The number of allylic oxidation sites excluding steroid dienone is 1. The first-order valence-electron chi connectivity index (χ1n) is 14.7. The second kappa shape index (κ2) is 8.09. The van der Waals surface area contributed by atoms with E-state index in [-0.39, 0.29) is 28.1 Å². The summed E-state index contributed by atoms with van der Waals surface area (Å²) in [5.74, 6) is 1.50. The lowest BCUT2D eigenvalue weighted by atomic mass is 9.32. The van der Waals surface area contributed by atoms with E-state index in [0.29, 0.717) is 23.7 Å². The van der Waals surface area contributed by atoms with Gasteiger partial charge in [0, 0.05) is 6.92 Å². The van der Waals surface area contributed by atoms with Gasteiger partial charge in [-0.15, -0.1) is 0 Å². The van der Waals surface area contributed by atoms with Crippen molar-refractivity contribution >= 4 is 11.9 Å². The van der Waals surface area contributed by atoms with Crippen LogP contribution in [0, 0.1) is 56.7 Å². The SMILES string of the molecule is C=C(C)[C@@H]1CC[C@]2(C)CC[C@]3(C)[C@H](CC[C@@H]4[C@@]5(C)CC[C@@H](OC(C)=O)[C@](C)(C(=O)O)C5CC[C@]43C)[C@@H]12. The Balaban J connectivity index is 1.53. The molecule has 0 aromatic heterocycles. The summed E-state index contributed by atoms with van der Waals surface area (Å²) in [4.78, 5) is 24.8. The van der Waals surface area contributed by atoms with Crippen molar-refractivity contribution in [3.8, 4) is 0 Å². The van der Waals surface area contributed by atoms with Crippen LogP contribution in [0.15, 0.2) is 12.2 Å². The van der Waals surface area contributed by atoms with Crippen LogP contribution in [0.25, 0.3) is 0 Å². The summed E-state index contributed by atoms with van der Waals surface area (Å²) in [6, 6.07) is 0. The molecule has 5 fully saturated rings. The summed E-state index contributed by atoms with van der Waals surface area (Å²) in [5.41, 5.74) is 1.24. The Bertz CT molecular complexity index is 971. The fourth-order valence-corrected chi connectivity index (χ4v) is 11.8. The fraction of sp³-hybridized carbons (Fsp3) is 0.875. The second-order valence-corrected chi connectivity index (χ2v) is 15.1. The maximum Gasteiger partial charge on any atom is 0.313 e. The summed E-state index contributed by atoms with van der Waals surface area (Å²) in [5, 5.41) is 10.5. The van der Waals surface area contributed by atoms with Crippen molar-refractivity contribution in [2.75, 3.05) is 0 Å². The Morgan fingerprint density at radius 2 is 1.50 bits per heavy atom. The Kier molecular flexibility index (Phi) is 5.91. The fourth-order valence-electron chi connectivity index (χ4n) is 11.8. The summed E-state index contributed by atoms with van der Waals surface area (Å²) in [6.07, 6.45) is 10.8. The highest BCUT2D eigenvalue weighted by atomic mass is 16.5. The molecule has 0 amide bonds. The Labute approximate surface area is 219 Å². The topological polar surface area (TPSA) is 63.6 Å². The molecule has 0 aromatic carbocycles. The van der Waals surface area contributed by atoms with Gasteiger partial charge in [0.2, 0.25) is 0 Å². The molecule has 36 heavy (non-hydrogen) atoms. The highest BCUT2D eigenvalue weighted by Crippen LogP contribution is 2.77. The second-order valence-electron chi connectivity index (χ2n) is 15.1. The first-order valence-corrected chi connectivity index (χ1v) is 14.7. The van der Waals surface area contributed by atoms with Gasteiger partial charge in [-0.3, -0.25) is 9.59 Å². The quantitative estimate of drug-likeness (QED) is 0.320. The van der Waals surface area contributed by atoms with Gasteiger partial charge in [0.25, 0.3) is 0 Å². The normalized spacial score (nSPS) is 53.9. The number of ether oxygens (including phenoxy) is 1. The highest BCUT2D eigenvalue weighted by Gasteiger charge is 2.72. The van der Waals surface area contributed by atoms with Crippen LogP contribution in [0.5, 0.6) is 0 Å². The molecule has 11 atom stereocenters. The third kappa shape index (κ3) is 3.17. The molecule has 0 aromatic rings. The number of hydrogen-bond acceptors (Lipinski definition) is 3. The molecular formula is C32H50O4. The van der Waals surface area contributed by atoms with E-state index in [1.165, 1.54) is 51.0 Å². The molecule has 0 spiro atoms. The third-order valence-electron chi connectivity index (χ3n) is 13.9. The number of fused-ring (bicyclic) bond motifs is 7. The van der Waals surface area contributed by atoms with Crippen molar-refractivity contribution in [2.24, 2.45) is 56.7 Å². The maximum absolute atomic E-state index is 12.9. The summed E-state index contributed by atoms with van der Waals surface area (Å²) >= 11 is 0. The van der Waals surface area contributed by atoms with Gasteiger partial charge in [0.15, 0.2) is 0 Å². The predicted octanol–water partition coefficient (Wildman–Crippen LogP) is 7.66. The van der Waals surface area contributed by atoms with Crippen molar-refractivity contribution in [2.45, 2.75) is 119 Å². The van der Waals surface area contributed by atoms with Gasteiger partial charge in [-0.1, -0.05) is 39.8 Å². The minimum absolute atomic E-state index is 0.0299. The Morgan fingerprint density at radius 1 is 0.806 bits per heavy atom. The molecule has 1 unspecified atom stereocenters. The molecule has 1 N–H and O–H groups in total. The zero-order valence-electron chi connectivity index (χ0n) is 23.9. The Hall–Kier alpha value is -1.32. The smallest absolute Gasteiger partial charge is 0.313 e. The van der Waals surface area contributed by atoms with Crippen molar-refractivity contribution in [3.05, 3.63) is 12.2 Å². The lowest BCUT2D eigenvalue weighted by molar-refractivity contribution is -0.252. The molecule has 5 aliphatic carbocycles. The molecule has 4 heteroatoms. The molecule has 5 rings (SSSR count). The molecule has 0 aliphatic heterocycles. The van der Waals surface area contributed by atoms with Gasteiger partial charge in [0.1, 0.15) is 11.5 Å². The summed E-state index contributed by atoms with van der Waals surface area (Å²) in [7, 11) is 0. The average molecular weight is 499 g/mol. The Morgan fingerprint density at radius 3 is 2.11 bits per heavy atom. The first-order chi connectivity index (χ1) is 16.6. The van der Waals surface area contributed by atoms with Crippen molar-refractivity contribution in [1.29, 1.82) is 0 Å². The van der Waals surface area contributed by atoms with Crippen LogP contribution in [-0.4, -0.2) is 23.1 Å². The van der Waals surface area contributed by atoms with E-state index >= 15 is 0 Å². The lowest BCUT2D eigenvalue weighted by Gasteiger charge is -2.72. The molecule has 0 saturated heterocycles. The average Bonchev–Trinajstić information content (AvgIpc) is 3.14. The number of hydrogen-bond donors (Lipinski definition) is 1. The number of rotatable bonds is 3. The molecule has 4 nitrogen and oxygen atoms in total. The van der Waals surface area contributed by atoms with Crippen molar-refractivity contribution in [3.63, 3.8) is 0 Å². The zero-order chi connectivity index (χ0) is 26.5. The van der Waals surface area contributed by atoms with Gasteiger partial charge in [-0.2, -0.15) is 0 Å². The van der Waals surface area contributed by atoms with E-state index in [0.717, 1.165) is 31.1 Å². The highest BCUT2D eigenvalue weighted by molar-refractivity contribution is 5.77. The van der Waals surface area contributed by atoms with E-state index in [4.69, 9.17) is 4.74 Å². The largest absolute Gasteiger partial charge is 0.481 e. The molecule has 0 radical (unpaired) electrons. The van der Waals surface area contributed by atoms with Gasteiger partial charge < -0.3 is 9.84 Å². The van der Waals surface area contributed by atoms with E-state index in [2.05, 4.69) is 41.2 Å². The molecule has 0 bridgehead atoms. The van der Waals surface area contributed by atoms with Crippen LogP contribution >= 0.6 is 0 Å². The number of esters is 1. The van der Waals surface area contributed by atoms with Crippen molar-refractivity contribution in [1.82, 2.24) is 0 Å². The molecule has 5 aliphatic rings. The number of carboxylic acid groups (broad SMARTS) is 1. The van der Waals surface area contributed by atoms with Crippen LogP contribution in [0.3, 0.4) is 0 Å². The van der Waals surface area contributed by atoms with Crippen LogP contribution < -0.4 is 0 Å². The van der Waals surface area contributed by atoms with Gasteiger partial charge in [-0.25, -0.2) is 0 Å². The van der Waals surface area contributed by atoms with Crippen LogP contribution in [0.1, 0.15) is 113 Å². The van der Waals surface area contributed by atoms with Crippen LogP contribution in [-0.2, 0) is 14.3 Å². The standard InChI is InChI=1S/C32H50O4/c1-19(2)21-11-14-28(4)17-18-30(6)22(26(21)28)9-10-23-29(5)15-13-25(36-20(3)33)32(8,27(34)35)24(29)12-16-31(23,30)7/h21-26H,1,9-18H2,2-8H3,(H,34,35)/t21-,22+,23+,24?,25+,26+,28+,29+,30+,31+,32+/m0/s1. The van der Waals surface area contributed by atoms with E-state index < -0.39 is 17.5 Å². The first kappa shape index (κ1) is 26.3. The maximum atomic E-state index is 12.9. The van der Waals surface area contributed by atoms with E-state index in [1.807, 2.05) is 6.92 Å². The van der Waals surface area contributed by atoms with Gasteiger partial charge in [0.05, 0.1) is 0 Å². The predicted molar refractivity (Wildman–Crippen MR) is 142 cm³/mol. The molecule has 202 valence electrons.